The molecule has 0 saturated heterocycles. The fraction of sp³-hybridized carbons (Fsp3) is 0.538. The van der Waals surface area contributed by atoms with E-state index in [-0.39, 0.29) is 25.4 Å². The van der Waals surface area contributed by atoms with Gasteiger partial charge >= 0.3 is 7.60 Å². The highest BCUT2D eigenvalue weighted by molar-refractivity contribution is 7.54. The molecule has 0 aliphatic carbocycles. The molecule has 11 nitrogen and oxygen atoms in total. The van der Waals surface area contributed by atoms with E-state index in [4.69, 9.17) is 19.5 Å². The third-order valence-electron chi connectivity index (χ3n) is 8.77. The second-order valence-electron chi connectivity index (χ2n) is 13.1. The van der Waals surface area contributed by atoms with Crippen molar-refractivity contribution in [3.05, 3.63) is 67.3 Å². The van der Waals surface area contributed by atoms with Crippen molar-refractivity contribution >= 4 is 41.3 Å². The molecule has 0 spiro atoms. The average Bonchev–Trinajstić information content (AvgIpc) is 3.54. The molecule has 2 heterocycles. The van der Waals surface area contributed by atoms with E-state index in [9.17, 15) is 9.36 Å². The van der Waals surface area contributed by atoms with Crippen molar-refractivity contribution in [2.24, 2.45) is 0 Å². The molecule has 0 radical (unpaired) electrons. The van der Waals surface area contributed by atoms with Gasteiger partial charge in [-0.05, 0) is 50.5 Å². The van der Waals surface area contributed by atoms with Crippen LogP contribution in [-0.4, -0.2) is 51.0 Å². The van der Waals surface area contributed by atoms with Crippen molar-refractivity contribution in [1.82, 2.24) is 24.8 Å². The minimum atomic E-state index is -3.81. The Bertz CT molecular complexity index is 1690. The zero-order chi connectivity index (χ0) is 36.2. The topological polar surface area (TPSA) is 143 Å². The smallest absolute Gasteiger partial charge is 0.404 e. The minimum absolute atomic E-state index is 0.0141. The Balaban J connectivity index is 1.17. The maximum absolute atomic E-state index is 14.1. The number of rotatable bonds is 26. The fourth-order valence-corrected chi connectivity index (χ4v) is 7.36. The van der Waals surface area contributed by atoms with Crippen LogP contribution in [-0.2, 0) is 25.2 Å². The maximum atomic E-state index is 14.1. The lowest BCUT2D eigenvalue weighted by Crippen LogP contribution is -2.27. The number of nitrogen functional groups attached to an aromatic ring is 1. The summed E-state index contributed by atoms with van der Waals surface area (Å²) in [7, 11) is -3.81. The molecule has 0 aliphatic rings. The molecule has 0 saturated carbocycles. The van der Waals surface area contributed by atoms with Gasteiger partial charge in [-0.3, -0.25) is 9.32 Å². The van der Waals surface area contributed by atoms with Gasteiger partial charge < -0.3 is 24.9 Å². The Morgan fingerprint density at radius 1 is 0.922 bits per heavy atom. The van der Waals surface area contributed by atoms with Gasteiger partial charge in [0.05, 0.1) is 25.6 Å². The zero-order valence-corrected chi connectivity index (χ0v) is 31.4. The number of ether oxygens (including phenoxy) is 1. The van der Waals surface area contributed by atoms with E-state index in [1.807, 2.05) is 43.3 Å². The summed E-state index contributed by atoms with van der Waals surface area (Å²) in [4.78, 5) is 25.1. The lowest BCUT2D eigenvalue weighted by atomic mass is 10.1. The van der Waals surface area contributed by atoms with E-state index in [1.54, 1.807) is 17.0 Å². The van der Waals surface area contributed by atoms with E-state index in [0.29, 0.717) is 35.7 Å². The van der Waals surface area contributed by atoms with Crippen molar-refractivity contribution in [3.63, 3.8) is 0 Å². The van der Waals surface area contributed by atoms with Crippen LogP contribution in [0.5, 0.6) is 5.75 Å². The Morgan fingerprint density at radius 3 is 2.41 bits per heavy atom. The first-order valence-corrected chi connectivity index (χ1v) is 20.5. The van der Waals surface area contributed by atoms with Crippen molar-refractivity contribution in [2.75, 3.05) is 25.2 Å². The van der Waals surface area contributed by atoms with Gasteiger partial charge in [0.2, 0.25) is 5.91 Å². The van der Waals surface area contributed by atoms with Crippen LogP contribution in [0.4, 0.5) is 5.82 Å². The third kappa shape index (κ3) is 14.0. The summed E-state index contributed by atoms with van der Waals surface area (Å²) in [5.41, 5.74) is 7.02. The highest BCUT2D eigenvalue weighted by Crippen LogP contribution is 2.50. The van der Waals surface area contributed by atoms with Crippen LogP contribution in [0.15, 0.2) is 67.3 Å². The lowest BCUT2D eigenvalue weighted by Gasteiger charge is -2.22. The Kier molecular flexibility index (Phi) is 17.4. The molecule has 2 atom stereocenters. The standard InChI is InChI=1S/C39H57N6O5P/c1-3-4-5-6-7-8-9-10-11-12-13-14-15-16-17-25-36(46)41-26-27-49-51(47,50-35-24-20-22-33-21-18-19-23-34(33)35)31-48-32(2)28-45-30-44-37-38(40)42-29-43-39(37)45/h10-11,18-24,29-30,32H,3-9,12-17,25-28,31H2,1-2H3,(H,41,46)(H2,40,42,43)/b11-10-/t32-,51?/m1/s1. The second kappa shape index (κ2) is 22.2. The van der Waals surface area contributed by atoms with Crippen LogP contribution in [0.1, 0.15) is 104 Å². The number of aromatic nitrogens is 4. The molecule has 0 aliphatic heterocycles. The molecule has 1 amide bonds. The van der Waals surface area contributed by atoms with Crippen LogP contribution in [0.3, 0.4) is 0 Å². The van der Waals surface area contributed by atoms with Gasteiger partial charge in [0.15, 0.2) is 17.8 Å². The average molecular weight is 721 g/mol. The number of fused-ring (bicyclic) bond motifs is 2. The second-order valence-corrected chi connectivity index (χ2v) is 15.1. The van der Waals surface area contributed by atoms with Crippen molar-refractivity contribution in [1.29, 1.82) is 0 Å². The highest BCUT2D eigenvalue weighted by Gasteiger charge is 2.29. The molecule has 0 bridgehead atoms. The van der Waals surface area contributed by atoms with Gasteiger partial charge in [-0.15, -0.1) is 0 Å². The number of imidazole rings is 1. The maximum Gasteiger partial charge on any atom is 0.404 e. The molecule has 4 rings (SSSR count). The number of unbranched alkanes of at least 4 members (excludes halogenated alkanes) is 11. The molecule has 1 unspecified atom stereocenters. The van der Waals surface area contributed by atoms with Gasteiger partial charge in [0.1, 0.15) is 17.6 Å². The Labute approximate surface area is 303 Å². The number of hydrogen-bond acceptors (Lipinski definition) is 9. The number of allylic oxidation sites excluding steroid dienone is 2. The molecule has 51 heavy (non-hydrogen) atoms. The van der Waals surface area contributed by atoms with Gasteiger partial charge in [0, 0.05) is 18.4 Å². The number of amides is 1. The number of nitrogens with one attached hydrogen (secondary N) is 1. The van der Waals surface area contributed by atoms with Gasteiger partial charge in [0.25, 0.3) is 0 Å². The molecule has 2 aromatic heterocycles. The van der Waals surface area contributed by atoms with Crippen molar-refractivity contribution in [2.45, 2.75) is 116 Å². The molecule has 3 N–H and O–H groups in total. The van der Waals surface area contributed by atoms with Gasteiger partial charge in [-0.2, -0.15) is 0 Å². The minimum Gasteiger partial charge on any atom is -0.422 e. The number of hydrogen-bond donors (Lipinski definition) is 2. The Morgan fingerprint density at radius 2 is 1.63 bits per heavy atom. The molecule has 278 valence electrons. The monoisotopic (exact) mass is 720 g/mol. The summed E-state index contributed by atoms with van der Waals surface area (Å²) in [6.07, 6.45) is 23.3. The summed E-state index contributed by atoms with van der Waals surface area (Å²) in [6, 6.07) is 13.3. The van der Waals surface area contributed by atoms with Crippen LogP contribution < -0.4 is 15.6 Å². The largest absolute Gasteiger partial charge is 0.422 e. The van der Waals surface area contributed by atoms with Gasteiger partial charge in [-0.25, -0.2) is 19.5 Å². The lowest BCUT2D eigenvalue weighted by molar-refractivity contribution is -0.121. The fourth-order valence-electron chi connectivity index (χ4n) is 5.92. The van der Waals surface area contributed by atoms with E-state index < -0.39 is 13.7 Å². The molecular formula is C39H57N6O5P. The van der Waals surface area contributed by atoms with Crippen molar-refractivity contribution in [3.8, 4) is 5.75 Å². The number of carbonyl (C=O) groups excluding carboxylic acids is 1. The molecule has 2 aromatic carbocycles. The van der Waals surface area contributed by atoms with Crippen LogP contribution in [0.2, 0.25) is 0 Å². The summed E-state index contributed by atoms with van der Waals surface area (Å²) in [5, 5.41) is 4.65. The van der Waals surface area contributed by atoms with E-state index >= 15 is 0 Å². The Hall–Kier alpha value is -3.79. The van der Waals surface area contributed by atoms with E-state index in [1.165, 1.54) is 64.1 Å². The van der Waals surface area contributed by atoms with Gasteiger partial charge in [-0.1, -0.05) is 107 Å². The summed E-state index contributed by atoms with van der Waals surface area (Å²) < 4.78 is 33.9. The number of nitrogens with two attached hydrogens (primary N) is 1. The molecule has 0 fully saturated rings. The van der Waals surface area contributed by atoms with Crippen LogP contribution in [0, 0.1) is 0 Å². The highest BCUT2D eigenvalue weighted by atomic mass is 31.2. The first-order chi connectivity index (χ1) is 24.9. The molecule has 12 heteroatoms. The number of benzene rings is 2. The van der Waals surface area contributed by atoms with Crippen LogP contribution in [0.25, 0.3) is 21.9 Å². The van der Waals surface area contributed by atoms with Crippen LogP contribution >= 0.6 is 7.60 Å². The summed E-state index contributed by atoms with van der Waals surface area (Å²) in [6.45, 7) is 4.72. The molecule has 4 aromatic rings. The number of nitrogens with zero attached hydrogens (tertiary/aromatic N) is 4. The molecular weight excluding hydrogens is 663 g/mol. The predicted molar refractivity (Wildman–Crippen MR) is 206 cm³/mol. The zero-order valence-electron chi connectivity index (χ0n) is 30.5. The normalized spacial score (nSPS) is 13.5. The summed E-state index contributed by atoms with van der Waals surface area (Å²) in [5.74, 6) is 0.699. The third-order valence-corrected chi connectivity index (χ3v) is 10.3. The number of anilines is 1. The first-order valence-electron chi connectivity index (χ1n) is 18.7. The predicted octanol–water partition coefficient (Wildman–Crippen LogP) is 9.37. The summed E-state index contributed by atoms with van der Waals surface area (Å²) >= 11 is 0. The SMILES string of the molecule is CCCCCCCC/C=C\CCCCCCCC(=O)NCCOP(=O)(CO[C@H](C)Cn1cnc2c(N)ncnc21)Oc1cccc2ccccc12. The van der Waals surface area contributed by atoms with E-state index in [0.717, 1.165) is 36.5 Å². The first kappa shape index (κ1) is 40.0. The van der Waals surface area contributed by atoms with E-state index in [2.05, 4.69) is 39.3 Å². The quantitative estimate of drug-likeness (QED) is 0.0368. The number of carbonyl (C=O) groups is 1. The van der Waals surface area contributed by atoms with Crippen molar-refractivity contribution < 1.29 is 23.1 Å².